The van der Waals surface area contributed by atoms with Crippen LogP contribution in [0.15, 0.2) is 48.9 Å². The lowest BCUT2D eigenvalue weighted by Crippen LogP contribution is -2.43. The van der Waals surface area contributed by atoms with Crippen LogP contribution in [0.25, 0.3) is 22.0 Å². The van der Waals surface area contributed by atoms with Crippen molar-refractivity contribution < 1.29 is 18.4 Å². The molecule has 2 fully saturated rings. The van der Waals surface area contributed by atoms with Crippen LogP contribution in [0.3, 0.4) is 0 Å². The molecule has 1 saturated carbocycles. The Kier molecular flexibility index (Phi) is 5.08. The van der Waals surface area contributed by atoms with Crippen molar-refractivity contribution in [3.63, 3.8) is 0 Å². The van der Waals surface area contributed by atoms with Gasteiger partial charge in [-0.15, -0.1) is 0 Å². The fraction of sp³-hybridized carbons (Fsp3) is 0.333. The topological polar surface area (TPSA) is 91.0 Å². The number of benzene rings is 1. The lowest BCUT2D eigenvalue weighted by Gasteiger charge is -2.19. The van der Waals surface area contributed by atoms with Crippen molar-refractivity contribution in [2.24, 2.45) is 0 Å². The standard InChI is InChI=1S/C24H21F2N5O2/c25-24(26)10-16(11-27)31(14-24)22(32)13-29-23(33)19-6-8-28-12-20(19)17-2-1-3-21-18(17)7-9-30(21)15-4-5-15/h1-3,6-9,12,15-16H,4-5,10,13-14H2,(H,29,33)/t16-/m0/s1. The monoisotopic (exact) mass is 449 g/mol. The highest BCUT2D eigenvalue weighted by atomic mass is 19.3. The van der Waals surface area contributed by atoms with Gasteiger partial charge in [-0.2, -0.15) is 5.26 Å². The van der Waals surface area contributed by atoms with Crippen LogP contribution in [0.4, 0.5) is 8.78 Å². The van der Waals surface area contributed by atoms with Crippen LogP contribution in [0, 0.1) is 11.3 Å². The van der Waals surface area contributed by atoms with E-state index in [-0.39, 0.29) is 0 Å². The number of rotatable bonds is 5. The highest BCUT2D eigenvalue weighted by Crippen LogP contribution is 2.40. The third-order valence-electron chi connectivity index (χ3n) is 6.20. The lowest BCUT2D eigenvalue weighted by atomic mass is 9.98. The van der Waals surface area contributed by atoms with Crippen molar-refractivity contribution in [2.75, 3.05) is 13.1 Å². The average Bonchev–Trinajstić information content (AvgIpc) is 3.48. The Morgan fingerprint density at radius 2 is 2.03 bits per heavy atom. The number of nitriles is 1. The predicted molar refractivity (Wildman–Crippen MR) is 116 cm³/mol. The Morgan fingerprint density at radius 3 is 2.79 bits per heavy atom. The van der Waals surface area contributed by atoms with E-state index >= 15 is 0 Å². The first-order valence-electron chi connectivity index (χ1n) is 10.8. The summed E-state index contributed by atoms with van der Waals surface area (Å²) in [5, 5.41) is 12.6. The fourth-order valence-corrected chi connectivity index (χ4v) is 4.45. The smallest absolute Gasteiger partial charge is 0.268 e. The molecule has 2 aromatic heterocycles. The molecular formula is C24H21F2N5O2. The molecule has 1 N–H and O–H groups in total. The molecule has 5 rings (SSSR count). The van der Waals surface area contributed by atoms with E-state index in [0.717, 1.165) is 34.2 Å². The zero-order valence-electron chi connectivity index (χ0n) is 17.7. The Hall–Kier alpha value is -3.80. The van der Waals surface area contributed by atoms with E-state index in [4.69, 9.17) is 5.26 Å². The van der Waals surface area contributed by atoms with Crippen LogP contribution in [0.2, 0.25) is 0 Å². The van der Waals surface area contributed by atoms with Gasteiger partial charge in [0.15, 0.2) is 0 Å². The first-order chi connectivity index (χ1) is 15.9. The summed E-state index contributed by atoms with van der Waals surface area (Å²) in [5.74, 6) is -4.33. The van der Waals surface area contributed by atoms with E-state index in [1.807, 2.05) is 24.3 Å². The Morgan fingerprint density at radius 1 is 1.21 bits per heavy atom. The van der Waals surface area contributed by atoms with Crippen molar-refractivity contribution in [3.05, 3.63) is 54.5 Å². The summed E-state index contributed by atoms with van der Waals surface area (Å²) in [6, 6.07) is 10.5. The molecular weight excluding hydrogens is 428 g/mol. The summed E-state index contributed by atoms with van der Waals surface area (Å²) in [6.45, 7) is -1.29. The largest absolute Gasteiger partial charge is 0.344 e. The average molecular weight is 449 g/mol. The molecule has 2 aliphatic rings. The highest BCUT2D eigenvalue weighted by molar-refractivity contribution is 6.06. The molecule has 7 nitrogen and oxygen atoms in total. The van der Waals surface area contributed by atoms with Crippen molar-refractivity contribution in [1.82, 2.24) is 19.8 Å². The number of hydrogen-bond acceptors (Lipinski definition) is 4. The molecule has 1 aromatic carbocycles. The van der Waals surface area contributed by atoms with E-state index in [1.54, 1.807) is 18.3 Å². The number of amides is 2. The van der Waals surface area contributed by atoms with E-state index in [9.17, 15) is 18.4 Å². The van der Waals surface area contributed by atoms with Gasteiger partial charge in [0.2, 0.25) is 5.91 Å². The lowest BCUT2D eigenvalue weighted by molar-refractivity contribution is -0.131. The predicted octanol–water partition coefficient (Wildman–Crippen LogP) is 3.53. The number of aromatic nitrogens is 2. The molecule has 0 unspecified atom stereocenters. The molecule has 33 heavy (non-hydrogen) atoms. The number of pyridine rings is 1. The van der Waals surface area contributed by atoms with Gasteiger partial charge in [0.1, 0.15) is 6.04 Å². The van der Waals surface area contributed by atoms with E-state index in [1.165, 1.54) is 6.20 Å². The minimum Gasteiger partial charge on any atom is -0.344 e. The van der Waals surface area contributed by atoms with Crippen LogP contribution in [0.5, 0.6) is 0 Å². The molecule has 0 spiro atoms. The molecule has 9 heteroatoms. The van der Waals surface area contributed by atoms with Gasteiger partial charge < -0.3 is 14.8 Å². The van der Waals surface area contributed by atoms with Crippen molar-refractivity contribution in [1.29, 1.82) is 5.26 Å². The molecule has 0 bridgehead atoms. The van der Waals surface area contributed by atoms with Gasteiger partial charge in [-0.25, -0.2) is 8.78 Å². The molecule has 1 aliphatic heterocycles. The fourth-order valence-electron chi connectivity index (χ4n) is 4.45. The third kappa shape index (κ3) is 3.93. The minimum atomic E-state index is -3.10. The molecule has 168 valence electrons. The third-order valence-corrected chi connectivity index (χ3v) is 6.20. The Labute approximate surface area is 188 Å². The van der Waals surface area contributed by atoms with Gasteiger partial charge >= 0.3 is 0 Å². The number of carbonyl (C=O) groups excluding carboxylic acids is 2. The van der Waals surface area contributed by atoms with Crippen molar-refractivity contribution >= 4 is 22.7 Å². The minimum absolute atomic E-state index is 0.327. The second kappa shape index (κ2) is 7.96. The number of nitrogens with one attached hydrogen (secondary N) is 1. The van der Waals surface area contributed by atoms with Crippen LogP contribution >= 0.6 is 0 Å². The molecule has 3 heterocycles. The number of fused-ring (bicyclic) bond motifs is 1. The quantitative estimate of drug-likeness (QED) is 0.645. The maximum absolute atomic E-state index is 13.6. The number of alkyl halides is 2. The van der Waals surface area contributed by atoms with Gasteiger partial charge in [-0.3, -0.25) is 14.6 Å². The zero-order valence-corrected chi connectivity index (χ0v) is 17.7. The summed E-state index contributed by atoms with van der Waals surface area (Å²) in [6.07, 6.45) is 6.76. The second-order valence-corrected chi connectivity index (χ2v) is 8.52. The summed E-state index contributed by atoms with van der Waals surface area (Å²) < 4.78 is 29.5. The normalized spacial score (nSPS) is 19.4. The maximum Gasteiger partial charge on any atom is 0.268 e. The van der Waals surface area contributed by atoms with Gasteiger partial charge in [0.05, 0.1) is 24.7 Å². The van der Waals surface area contributed by atoms with Gasteiger partial charge in [0.25, 0.3) is 11.8 Å². The van der Waals surface area contributed by atoms with Crippen molar-refractivity contribution in [3.8, 4) is 17.2 Å². The highest BCUT2D eigenvalue weighted by Gasteiger charge is 2.47. The SMILES string of the molecule is N#C[C@@H]1CC(F)(F)CN1C(=O)CNC(=O)c1ccncc1-c1cccc2c1ccn2C1CC1. The Bertz CT molecular complexity index is 1290. The summed E-state index contributed by atoms with van der Waals surface area (Å²) >= 11 is 0. The molecule has 2 amide bonds. The van der Waals surface area contributed by atoms with Crippen LogP contribution in [-0.4, -0.2) is 51.3 Å². The van der Waals surface area contributed by atoms with Gasteiger partial charge in [0, 0.05) is 47.5 Å². The molecule has 3 aromatic rings. The molecule has 1 aliphatic carbocycles. The summed E-state index contributed by atoms with van der Waals surface area (Å²) in [4.78, 5) is 30.4. The second-order valence-electron chi connectivity index (χ2n) is 8.52. The number of carbonyl (C=O) groups is 2. The number of likely N-dealkylation sites (tertiary alicyclic amines) is 1. The summed E-state index contributed by atoms with van der Waals surface area (Å²) in [5.41, 5.74) is 2.87. The van der Waals surface area contributed by atoms with E-state index in [2.05, 4.69) is 21.1 Å². The number of nitrogens with zero attached hydrogens (tertiary/aromatic N) is 4. The van der Waals surface area contributed by atoms with Crippen LogP contribution < -0.4 is 5.32 Å². The first kappa shape index (κ1) is 21.1. The van der Waals surface area contributed by atoms with Crippen molar-refractivity contribution in [2.45, 2.75) is 37.3 Å². The first-order valence-corrected chi connectivity index (χ1v) is 10.8. The molecule has 1 saturated heterocycles. The molecule has 1 atom stereocenters. The Balaban J connectivity index is 1.38. The zero-order chi connectivity index (χ0) is 23.2. The van der Waals surface area contributed by atoms with Gasteiger partial charge in [-0.1, -0.05) is 12.1 Å². The van der Waals surface area contributed by atoms with E-state index in [0.29, 0.717) is 17.2 Å². The van der Waals surface area contributed by atoms with Gasteiger partial charge in [-0.05, 0) is 36.6 Å². The van der Waals surface area contributed by atoms with E-state index < -0.39 is 43.3 Å². The number of hydrogen-bond donors (Lipinski definition) is 1. The summed E-state index contributed by atoms with van der Waals surface area (Å²) in [7, 11) is 0. The number of halogens is 2. The van der Waals surface area contributed by atoms with Crippen LogP contribution in [0.1, 0.15) is 35.7 Å². The van der Waals surface area contributed by atoms with Crippen LogP contribution in [-0.2, 0) is 4.79 Å². The molecule has 0 radical (unpaired) electrons. The maximum atomic E-state index is 13.6.